The van der Waals surface area contributed by atoms with Crippen LogP contribution in [0.5, 0.6) is 0 Å². The zero-order valence-corrected chi connectivity index (χ0v) is 12.4. The van der Waals surface area contributed by atoms with E-state index >= 15 is 0 Å². The predicted molar refractivity (Wildman–Crippen MR) is 90.4 cm³/mol. The average Bonchev–Trinajstić information content (AvgIpc) is 2.53. The monoisotopic (exact) mass is 275 g/mol. The van der Waals surface area contributed by atoms with Crippen molar-refractivity contribution < 1.29 is 0 Å². The summed E-state index contributed by atoms with van der Waals surface area (Å²) in [5, 5.41) is 2.54. The van der Waals surface area contributed by atoms with Gasteiger partial charge < -0.3 is 5.73 Å². The van der Waals surface area contributed by atoms with Crippen LogP contribution in [0.4, 0.5) is 0 Å². The summed E-state index contributed by atoms with van der Waals surface area (Å²) in [6.07, 6.45) is 2.00. The molecule has 0 saturated carbocycles. The lowest BCUT2D eigenvalue weighted by atomic mass is 9.94. The topological polar surface area (TPSA) is 26.0 Å². The van der Waals surface area contributed by atoms with Gasteiger partial charge in [-0.25, -0.2) is 0 Å². The fourth-order valence-electron chi connectivity index (χ4n) is 2.93. The Morgan fingerprint density at radius 1 is 0.857 bits per heavy atom. The standard InChI is InChI=1S/C20H21N/c1-15-7-2-3-8-16(15)13-14-20(21)19-12-6-10-17-9-4-5-11-18(17)19/h2-12,20H,13-14,21H2,1H3. The van der Waals surface area contributed by atoms with Crippen LogP contribution in [0.25, 0.3) is 10.8 Å². The van der Waals surface area contributed by atoms with E-state index < -0.39 is 0 Å². The number of fused-ring (bicyclic) bond motifs is 1. The molecule has 1 nitrogen and oxygen atoms in total. The lowest BCUT2D eigenvalue weighted by Crippen LogP contribution is -2.12. The van der Waals surface area contributed by atoms with Crippen molar-refractivity contribution in [2.45, 2.75) is 25.8 Å². The summed E-state index contributed by atoms with van der Waals surface area (Å²) in [5.74, 6) is 0. The maximum Gasteiger partial charge on any atom is 0.0304 e. The van der Waals surface area contributed by atoms with Gasteiger partial charge in [0.1, 0.15) is 0 Å². The maximum absolute atomic E-state index is 6.46. The first-order valence-corrected chi connectivity index (χ1v) is 7.53. The first kappa shape index (κ1) is 13.8. The van der Waals surface area contributed by atoms with E-state index in [4.69, 9.17) is 5.73 Å². The summed E-state index contributed by atoms with van der Waals surface area (Å²) in [5.41, 5.74) is 10.5. The van der Waals surface area contributed by atoms with Gasteiger partial charge in [0.15, 0.2) is 0 Å². The second-order valence-electron chi connectivity index (χ2n) is 5.64. The first-order chi connectivity index (χ1) is 10.3. The van der Waals surface area contributed by atoms with Gasteiger partial charge in [0.25, 0.3) is 0 Å². The molecular weight excluding hydrogens is 254 g/mol. The molecule has 0 spiro atoms. The Kier molecular flexibility index (Phi) is 4.03. The van der Waals surface area contributed by atoms with Crippen molar-refractivity contribution in [1.82, 2.24) is 0 Å². The first-order valence-electron chi connectivity index (χ1n) is 7.53. The maximum atomic E-state index is 6.46. The molecule has 0 amide bonds. The Labute approximate surface area is 126 Å². The van der Waals surface area contributed by atoms with Crippen LogP contribution in [0.1, 0.15) is 29.2 Å². The van der Waals surface area contributed by atoms with Crippen LogP contribution in [0, 0.1) is 6.92 Å². The van der Waals surface area contributed by atoms with Gasteiger partial charge in [-0.1, -0.05) is 66.7 Å². The SMILES string of the molecule is Cc1ccccc1CCC(N)c1cccc2ccccc12. The Morgan fingerprint density at radius 2 is 1.57 bits per heavy atom. The van der Waals surface area contributed by atoms with E-state index in [9.17, 15) is 0 Å². The van der Waals surface area contributed by atoms with Gasteiger partial charge in [-0.05, 0) is 47.2 Å². The highest BCUT2D eigenvalue weighted by Crippen LogP contribution is 2.26. The van der Waals surface area contributed by atoms with Crippen LogP contribution < -0.4 is 5.73 Å². The van der Waals surface area contributed by atoms with Crippen LogP contribution in [0.3, 0.4) is 0 Å². The number of hydrogen-bond donors (Lipinski definition) is 1. The molecule has 0 aromatic heterocycles. The molecule has 0 aliphatic rings. The summed E-state index contributed by atoms with van der Waals surface area (Å²) in [6.45, 7) is 2.17. The summed E-state index contributed by atoms with van der Waals surface area (Å²) in [4.78, 5) is 0. The van der Waals surface area contributed by atoms with E-state index in [2.05, 4.69) is 73.7 Å². The summed E-state index contributed by atoms with van der Waals surface area (Å²) < 4.78 is 0. The van der Waals surface area contributed by atoms with Crippen LogP contribution >= 0.6 is 0 Å². The molecule has 0 radical (unpaired) electrons. The molecule has 0 fully saturated rings. The third-order valence-electron chi connectivity index (χ3n) is 4.21. The second-order valence-corrected chi connectivity index (χ2v) is 5.64. The minimum Gasteiger partial charge on any atom is -0.324 e. The Morgan fingerprint density at radius 3 is 2.43 bits per heavy atom. The molecule has 1 heteroatoms. The molecule has 3 rings (SSSR count). The van der Waals surface area contributed by atoms with Crippen LogP contribution in [0.2, 0.25) is 0 Å². The molecule has 21 heavy (non-hydrogen) atoms. The van der Waals surface area contributed by atoms with Gasteiger partial charge in [-0.15, -0.1) is 0 Å². The third-order valence-corrected chi connectivity index (χ3v) is 4.21. The molecule has 1 unspecified atom stereocenters. The number of aryl methyl sites for hydroxylation is 2. The van der Waals surface area contributed by atoms with E-state index in [-0.39, 0.29) is 6.04 Å². The Hall–Kier alpha value is -2.12. The highest BCUT2D eigenvalue weighted by molar-refractivity contribution is 5.86. The summed E-state index contributed by atoms with van der Waals surface area (Å²) in [6, 6.07) is 23.5. The van der Waals surface area contributed by atoms with Crippen molar-refractivity contribution >= 4 is 10.8 Å². The van der Waals surface area contributed by atoms with E-state index in [1.807, 2.05) is 0 Å². The van der Waals surface area contributed by atoms with Crippen molar-refractivity contribution in [2.75, 3.05) is 0 Å². The van der Waals surface area contributed by atoms with Crippen molar-refractivity contribution in [2.24, 2.45) is 5.73 Å². The highest BCUT2D eigenvalue weighted by atomic mass is 14.6. The van der Waals surface area contributed by atoms with Crippen LogP contribution in [-0.2, 0) is 6.42 Å². The minimum atomic E-state index is 0.0794. The van der Waals surface area contributed by atoms with E-state index in [1.54, 1.807) is 0 Å². The lowest BCUT2D eigenvalue weighted by molar-refractivity contribution is 0.654. The normalized spacial score (nSPS) is 12.5. The molecule has 1 atom stereocenters. The van der Waals surface area contributed by atoms with E-state index in [0.29, 0.717) is 0 Å². The van der Waals surface area contributed by atoms with Gasteiger partial charge in [-0.2, -0.15) is 0 Å². The van der Waals surface area contributed by atoms with Crippen LogP contribution in [0.15, 0.2) is 66.7 Å². The molecule has 0 aliphatic carbocycles. The minimum absolute atomic E-state index is 0.0794. The molecular formula is C20H21N. The molecule has 0 saturated heterocycles. The molecule has 2 N–H and O–H groups in total. The number of hydrogen-bond acceptors (Lipinski definition) is 1. The summed E-state index contributed by atoms with van der Waals surface area (Å²) >= 11 is 0. The molecule has 106 valence electrons. The second kappa shape index (κ2) is 6.11. The molecule has 0 bridgehead atoms. The zero-order chi connectivity index (χ0) is 14.7. The van der Waals surface area contributed by atoms with Gasteiger partial charge in [-0.3, -0.25) is 0 Å². The molecule has 3 aromatic carbocycles. The smallest absolute Gasteiger partial charge is 0.0304 e. The highest BCUT2D eigenvalue weighted by Gasteiger charge is 2.10. The van der Waals surface area contributed by atoms with Gasteiger partial charge >= 0.3 is 0 Å². The Bertz CT molecular complexity index is 740. The van der Waals surface area contributed by atoms with Crippen LogP contribution in [-0.4, -0.2) is 0 Å². The summed E-state index contributed by atoms with van der Waals surface area (Å²) in [7, 11) is 0. The van der Waals surface area contributed by atoms with Crippen molar-refractivity contribution in [3.63, 3.8) is 0 Å². The van der Waals surface area contributed by atoms with E-state index in [1.165, 1.54) is 27.5 Å². The quantitative estimate of drug-likeness (QED) is 0.728. The zero-order valence-electron chi connectivity index (χ0n) is 12.4. The van der Waals surface area contributed by atoms with Gasteiger partial charge in [0.2, 0.25) is 0 Å². The van der Waals surface area contributed by atoms with Crippen molar-refractivity contribution in [3.8, 4) is 0 Å². The van der Waals surface area contributed by atoms with Gasteiger partial charge in [0, 0.05) is 6.04 Å². The fourth-order valence-corrected chi connectivity index (χ4v) is 2.93. The molecule has 3 aromatic rings. The number of rotatable bonds is 4. The molecule has 0 aliphatic heterocycles. The van der Waals surface area contributed by atoms with E-state index in [0.717, 1.165) is 12.8 Å². The lowest BCUT2D eigenvalue weighted by Gasteiger charge is -2.15. The number of nitrogens with two attached hydrogens (primary N) is 1. The van der Waals surface area contributed by atoms with Crippen molar-refractivity contribution in [3.05, 3.63) is 83.4 Å². The average molecular weight is 275 g/mol. The van der Waals surface area contributed by atoms with Gasteiger partial charge in [0.05, 0.1) is 0 Å². The third kappa shape index (κ3) is 2.98. The molecule has 0 heterocycles. The number of benzene rings is 3. The van der Waals surface area contributed by atoms with Crippen molar-refractivity contribution in [1.29, 1.82) is 0 Å². The Balaban J connectivity index is 1.81. The largest absolute Gasteiger partial charge is 0.324 e. The predicted octanol–water partition coefficient (Wildman–Crippen LogP) is 4.78. The fraction of sp³-hybridized carbons (Fsp3) is 0.200.